The molecule has 0 saturated carbocycles. The SMILES string of the molecule is Cc1ccc(F)c2c1OCC[C@H]2N. The van der Waals surface area contributed by atoms with Crippen LogP contribution in [0.15, 0.2) is 12.1 Å². The molecule has 0 amide bonds. The van der Waals surface area contributed by atoms with Gasteiger partial charge in [-0.2, -0.15) is 0 Å². The zero-order valence-electron chi connectivity index (χ0n) is 7.51. The van der Waals surface area contributed by atoms with Crippen molar-refractivity contribution in [2.24, 2.45) is 5.73 Å². The average molecular weight is 181 g/mol. The minimum Gasteiger partial charge on any atom is -0.493 e. The third-order valence-electron chi connectivity index (χ3n) is 2.39. The van der Waals surface area contributed by atoms with Gasteiger partial charge in [0, 0.05) is 18.0 Å². The summed E-state index contributed by atoms with van der Waals surface area (Å²) in [4.78, 5) is 0. The molecule has 1 aromatic rings. The number of hydrogen-bond donors (Lipinski definition) is 1. The highest BCUT2D eigenvalue weighted by molar-refractivity contribution is 5.44. The lowest BCUT2D eigenvalue weighted by molar-refractivity contribution is 0.262. The number of aryl methyl sites for hydroxylation is 1. The van der Waals surface area contributed by atoms with Gasteiger partial charge >= 0.3 is 0 Å². The zero-order valence-corrected chi connectivity index (χ0v) is 7.51. The Kier molecular flexibility index (Phi) is 1.96. The smallest absolute Gasteiger partial charge is 0.131 e. The molecule has 0 radical (unpaired) electrons. The summed E-state index contributed by atoms with van der Waals surface area (Å²) in [6, 6.07) is 2.94. The third kappa shape index (κ3) is 1.29. The van der Waals surface area contributed by atoms with Crippen LogP contribution in [-0.4, -0.2) is 6.61 Å². The quantitative estimate of drug-likeness (QED) is 0.663. The first-order valence-electron chi connectivity index (χ1n) is 4.37. The molecule has 0 unspecified atom stereocenters. The molecule has 0 aliphatic carbocycles. The van der Waals surface area contributed by atoms with Gasteiger partial charge in [0.2, 0.25) is 0 Å². The summed E-state index contributed by atoms with van der Waals surface area (Å²) < 4.78 is 18.7. The molecule has 70 valence electrons. The molecule has 1 heterocycles. The number of ether oxygens (including phenoxy) is 1. The van der Waals surface area contributed by atoms with E-state index in [1.54, 1.807) is 6.07 Å². The molecule has 3 heteroatoms. The second-order valence-corrected chi connectivity index (χ2v) is 3.35. The molecule has 2 rings (SSSR count). The van der Waals surface area contributed by atoms with E-state index in [0.29, 0.717) is 24.3 Å². The van der Waals surface area contributed by atoms with Crippen molar-refractivity contribution in [3.8, 4) is 5.75 Å². The molecule has 0 saturated heterocycles. The maximum atomic E-state index is 13.3. The first-order chi connectivity index (χ1) is 6.20. The molecule has 1 aromatic carbocycles. The van der Waals surface area contributed by atoms with Crippen molar-refractivity contribution in [3.63, 3.8) is 0 Å². The van der Waals surface area contributed by atoms with E-state index in [9.17, 15) is 4.39 Å². The summed E-state index contributed by atoms with van der Waals surface area (Å²) in [5.41, 5.74) is 7.28. The second kappa shape index (κ2) is 3.00. The van der Waals surface area contributed by atoms with Gasteiger partial charge in [0.25, 0.3) is 0 Å². The highest BCUT2D eigenvalue weighted by atomic mass is 19.1. The van der Waals surface area contributed by atoms with E-state index in [1.807, 2.05) is 6.92 Å². The Morgan fingerprint density at radius 2 is 2.31 bits per heavy atom. The van der Waals surface area contributed by atoms with Crippen molar-refractivity contribution < 1.29 is 9.13 Å². The molecule has 1 aliphatic heterocycles. The lowest BCUT2D eigenvalue weighted by Crippen LogP contribution is -2.22. The number of hydrogen-bond acceptors (Lipinski definition) is 2. The van der Waals surface area contributed by atoms with Crippen LogP contribution in [0.1, 0.15) is 23.6 Å². The van der Waals surface area contributed by atoms with Gasteiger partial charge in [0.05, 0.1) is 6.61 Å². The van der Waals surface area contributed by atoms with E-state index in [-0.39, 0.29) is 11.9 Å². The zero-order chi connectivity index (χ0) is 9.42. The highest BCUT2D eigenvalue weighted by Crippen LogP contribution is 2.35. The fourth-order valence-electron chi connectivity index (χ4n) is 1.65. The van der Waals surface area contributed by atoms with Gasteiger partial charge in [-0.15, -0.1) is 0 Å². The van der Waals surface area contributed by atoms with Gasteiger partial charge < -0.3 is 10.5 Å². The van der Waals surface area contributed by atoms with Gasteiger partial charge in [-0.25, -0.2) is 4.39 Å². The van der Waals surface area contributed by atoms with Crippen LogP contribution in [0.2, 0.25) is 0 Å². The van der Waals surface area contributed by atoms with E-state index in [2.05, 4.69) is 0 Å². The van der Waals surface area contributed by atoms with E-state index in [4.69, 9.17) is 10.5 Å². The molecule has 2 nitrogen and oxygen atoms in total. The minimum atomic E-state index is -0.257. The maximum Gasteiger partial charge on any atom is 0.131 e. The number of nitrogens with two attached hydrogens (primary N) is 1. The van der Waals surface area contributed by atoms with Crippen LogP contribution in [-0.2, 0) is 0 Å². The number of fused-ring (bicyclic) bond motifs is 1. The second-order valence-electron chi connectivity index (χ2n) is 3.35. The number of rotatable bonds is 0. The lowest BCUT2D eigenvalue weighted by Gasteiger charge is -2.24. The van der Waals surface area contributed by atoms with Gasteiger partial charge in [-0.1, -0.05) is 6.07 Å². The summed E-state index contributed by atoms with van der Waals surface area (Å²) in [7, 11) is 0. The van der Waals surface area contributed by atoms with Crippen LogP contribution in [0.25, 0.3) is 0 Å². The molecule has 1 aliphatic rings. The van der Waals surface area contributed by atoms with Crippen LogP contribution in [0, 0.1) is 12.7 Å². The van der Waals surface area contributed by atoms with Crippen LogP contribution < -0.4 is 10.5 Å². The van der Waals surface area contributed by atoms with E-state index in [0.717, 1.165) is 5.56 Å². The number of halogens is 1. The maximum absolute atomic E-state index is 13.3. The average Bonchev–Trinajstić information content (AvgIpc) is 2.12. The largest absolute Gasteiger partial charge is 0.493 e. The molecular formula is C10H12FNO. The van der Waals surface area contributed by atoms with E-state index < -0.39 is 0 Å². The van der Waals surface area contributed by atoms with Gasteiger partial charge in [-0.3, -0.25) is 0 Å². The van der Waals surface area contributed by atoms with Crippen molar-refractivity contribution in [1.29, 1.82) is 0 Å². The summed E-state index contributed by atoms with van der Waals surface area (Å²) in [5, 5.41) is 0. The van der Waals surface area contributed by atoms with Crippen LogP contribution in [0.4, 0.5) is 4.39 Å². The molecule has 13 heavy (non-hydrogen) atoms. The standard InChI is InChI=1S/C10H12FNO/c1-6-2-3-7(11)9-8(12)4-5-13-10(6)9/h2-3,8H,4-5,12H2,1H3/t8-/m1/s1. The van der Waals surface area contributed by atoms with Crippen molar-refractivity contribution in [3.05, 3.63) is 29.1 Å². The first kappa shape index (κ1) is 8.51. The minimum absolute atomic E-state index is 0.219. The number of benzene rings is 1. The van der Waals surface area contributed by atoms with Crippen molar-refractivity contribution in [1.82, 2.24) is 0 Å². The van der Waals surface area contributed by atoms with E-state index in [1.165, 1.54) is 6.07 Å². The normalized spacial score (nSPS) is 20.7. The fraction of sp³-hybridized carbons (Fsp3) is 0.400. The Bertz CT molecular complexity index is 338. The predicted octanol–water partition coefficient (Wildman–Crippen LogP) is 1.92. The van der Waals surface area contributed by atoms with Gasteiger partial charge in [0.1, 0.15) is 11.6 Å². The predicted molar refractivity (Wildman–Crippen MR) is 48.2 cm³/mol. The Morgan fingerprint density at radius 1 is 1.54 bits per heavy atom. The first-order valence-corrected chi connectivity index (χ1v) is 4.37. The molecule has 2 N–H and O–H groups in total. The molecule has 0 fully saturated rings. The monoisotopic (exact) mass is 181 g/mol. The van der Waals surface area contributed by atoms with Crippen molar-refractivity contribution >= 4 is 0 Å². The van der Waals surface area contributed by atoms with Gasteiger partial charge in [0.15, 0.2) is 0 Å². The third-order valence-corrected chi connectivity index (χ3v) is 2.39. The van der Waals surface area contributed by atoms with Crippen LogP contribution in [0.5, 0.6) is 5.75 Å². The van der Waals surface area contributed by atoms with Crippen LogP contribution >= 0.6 is 0 Å². The molecular weight excluding hydrogens is 169 g/mol. The summed E-state index contributed by atoms with van der Waals surface area (Å²) in [5.74, 6) is 0.381. The fourth-order valence-corrected chi connectivity index (χ4v) is 1.65. The van der Waals surface area contributed by atoms with Gasteiger partial charge in [-0.05, 0) is 18.6 Å². The van der Waals surface area contributed by atoms with Crippen molar-refractivity contribution in [2.75, 3.05) is 6.61 Å². The Labute approximate surface area is 76.5 Å². The molecule has 0 bridgehead atoms. The Hall–Kier alpha value is -1.09. The molecule has 1 atom stereocenters. The topological polar surface area (TPSA) is 35.2 Å². The van der Waals surface area contributed by atoms with Crippen molar-refractivity contribution in [2.45, 2.75) is 19.4 Å². The summed E-state index contributed by atoms with van der Waals surface area (Å²) in [6.45, 7) is 2.48. The van der Waals surface area contributed by atoms with E-state index >= 15 is 0 Å². The summed E-state index contributed by atoms with van der Waals surface area (Å²) in [6.07, 6.45) is 0.688. The Morgan fingerprint density at radius 3 is 3.00 bits per heavy atom. The summed E-state index contributed by atoms with van der Waals surface area (Å²) >= 11 is 0. The molecule has 0 spiro atoms. The Balaban J connectivity index is 2.60. The van der Waals surface area contributed by atoms with Crippen LogP contribution in [0.3, 0.4) is 0 Å². The lowest BCUT2D eigenvalue weighted by atomic mass is 9.98. The highest BCUT2D eigenvalue weighted by Gasteiger charge is 2.23. The molecule has 0 aromatic heterocycles.